The van der Waals surface area contributed by atoms with Crippen LogP contribution in [0.1, 0.15) is 41.7 Å². The molecular weight excluding hydrogens is 384 g/mol. The molecule has 0 saturated carbocycles. The number of unbranched alkanes of at least 4 members (excludes halogenated alkanes) is 2. The van der Waals surface area contributed by atoms with E-state index in [-0.39, 0.29) is 17.2 Å². The van der Waals surface area contributed by atoms with Crippen molar-refractivity contribution in [1.29, 1.82) is 0 Å². The van der Waals surface area contributed by atoms with Crippen molar-refractivity contribution in [1.82, 2.24) is 20.1 Å². The van der Waals surface area contributed by atoms with Crippen LogP contribution < -0.4 is 10.9 Å². The molecule has 6 nitrogen and oxygen atoms in total. The van der Waals surface area contributed by atoms with Gasteiger partial charge in [0.2, 0.25) is 0 Å². The van der Waals surface area contributed by atoms with Gasteiger partial charge in [0.15, 0.2) is 5.69 Å². The lowest BCUT2D eigenvalue weighted by molar-refractivity contribution is 0.0945. The molecule has 0 saturated heterocycles. The summed E-state index contributed by atoms with van der Waals surface area (Å²) in [5.74, 6) is -0.301. The van der Waals surface area contributed by atoms with Gasteiger partial charge in [0.25, 0.3) is 11.5 Å². The Labute approximate surface area is 172 Å². The Balaban J connectivity index is 1.61. The molecule has 7 heteroatoms. The van der Waals surface area contributed by atoms with Crippen LogP contribution in [0.2, 0.25) is 0 Å². The van der Waals surface area contributed by atoms with Crippen molar-refractivity contribution in [2.75, 3.05) is 0 Å². The first-order valence-corrected chi connectivity index (χ1v) is 10.6. The van der Waals surface area contributed by atoms with Gasteiger partial charge in [-0.05, 0) is 24.6 Å². The highest BCUT2D eigenvalue weighted by atomic mass is 32.1. The number of rotatable bonds is 7. The second kappa shape index (κ2) is 8.53. The molecule has 4 aromatic rings. The fraction of sp³-hybridized carbons (Fsp3) is 0.273. The highest BCUT2D eigenvalue weighted by Gasteiger charge is 2.17. The van der Waals surface area contributed by atoms with Crippen molar-refractivity contribution in [3.05, 3.63) is 69.6 Å². The van der Waals surface area contributed by atoms with Crippen molar-refractivity contribution in [3.8, 4) is 0 Å². The van der Waals surface area contributed by atoms with E-state index in [1.54, 1.807) is 23.5 Å². The van der Waals surface area contributed by atoms with Crippen LogP contribution in [0.25, 0.3) is 21.0 Å². The number of hydrogen-bond donors (Lipinski definition) is 1. The van der Waals surface area contributed by atoms with E-state index < -0.39 is 0 Å². The Morgan fingerprint density at radius 2 is 1.83 bits per heavy atom. The van der Waals surface area contributed by atoms with Crippen molar-refractivity contribution in [2.24, 2.45) is 0 Å². The van der Waals surface area contributed by atoms with Crippen molar-refractivity contribution >= 4 is 38.2 Å². The molecule has 0 bridgehead atoms. The number of fused-ring (bicyclic) bond motifs is 2. The normalized spacial score (nSPS) is 11.2. The SMILES string of the molecule is CCCCCn1nc(C(=O)NCc2nc3ccccc3s2)c2ccccc2c1=O. The summed E-state index contributed by atoms with van der Waals surface area (Å²) in [5, 5.41) is 9.24. The lowest BCUT2D eigenvalue weighted by Gasteiger charge is -2.11. The average molecular weight is 407 g/mol. The minimum atomic E-state index is -0.301. The molecule has 29 heavy (non-hydrogen) atoms. The molecule has 1 N–H and O–H groups in total. The summed E-state index contributed by atoms with van der Waals surface area (Å²) in [6.07, 6.45) is 2.92. The third kappa shape index (κ3) is 4.05. The molecule has 0 atom stereocenters. The second-order valence-corrected chi connectivity index (χ2v) is 8.00. The van der Waals surface area contributed by atoms with E-state index in [1.807, 2.05) is 36.4 Å². The van der Waals surface area contributed by atoms with Crippen LogP contribution in [-0.2, 0) is 13.1 Å². The molecule has 4 rings (SSSR count). The van der Waals surface area contributed by atoms with Gasteiger partial charge in [-0.25, -0.2) is 9.67 Å². The number of carbonyl (C=O) groups is 1. The number of aromatic nitrogens is 3. The van der Waals surface area contributed by atoms with Gasteiger partial charge >= 0.3 is 0 Å². The lowest BCUT2D eigenvalue weighted by Crippen LogP contribution is -2.30. The second-order valence-electron chi connectivity index (χ2n) is 6.89. The summed E-state index contributed by atoms with van der Waals surface area (Å²) >= 11 is 1.56. The van der Waals surface area contributed by atoms with Gasteiger partial charge in [-0.3, -0.25) is 9.59 Å². The molecule has 1 amide bonds. The third-order valence-electron chi connectivity index (χ3n) is 4.79. The molecule has 0 radical (unpaired) electrons. The number of nitrogens with one attached hydrogen (secondary N) is 1. The molecular formula is C22H22N4O2S. The van der Waals surface area contributed by atoms with Crippen molar-refractivity contribution < 1.29 is 4.79 Å². The number of thiazole rings is 1. The molecule has 2 aromatic carbocycles. The fourth-order valence-corrected chi connectivity index (χ4v) is 4.21. The van der Waals surface area contributed by atoms with E-state index >= 15 is 0 Å². The number of amides is 1. The quantitative estimate of drug-likeness (QED) is 0.468. The zero-order valence-corrected chi connectivity index (χ0v) is 17.0. The Morgan fingerprint density at radius 3 is 2.62 bits per heavy atom. The van der Waals surface area contributed by atoms with E-state index in [1.165, 1.54) is 4.68 Å². The molecule has 0 spiro atoms. The minimum Gasteiger partial charge on any atom is -0.344 e. The van der Waals surface area contributed by atoms with E-state index in [0.717, 1.165) is 34.5 Å². The third-order valence-corrected chi connectivity index (χ3v) is 5.83. The van der Waals surface area contributed by atoms with Crippen LogP contribution in [-0.4, -0.2) is 20.7 Å². The maximum atomic E-state index is 12.9. The zero-order chi connectivity index (χ0) is 20.2. The van der Waals surface area contributed by atoms with Gasteiger partial charge in [-0.15, -0.1) is 11.3 Å². The molecule has 0 aliphatic rings. The van der Waals surface area contributed by atoms with Gasteiger partial charge in [0.05, 0.1) is 22.1 Å². The van der Waals surface area contributed by atoms with Crippen molar-refractivity contribution in [3.63, 3.8) is 0 Å². The molecule has 0 fully saturated rings. The van der Waals surface area contributed by atoms with Crippen molar-refractivity contribution in [2.45, 2.75) is 39.3 Å². The number of hydrogen-bond acceptors (Lipinski definition) is 5. The molecule has 2 heterocycles. The summed E-state index contributed by atoms with van der Waals surface area (Å²) in [6.45, 7) is 2.94. The van der Waals surface area contributed by atoms with E-state index in [0.29, 0.717) is 23.9 Å². The largest absolute Gasteiger partial charge is 0.344 e. The first-order valence-electron chi connectivity index (χ1n) is 9.80. The van der Waals surface area contributed by atoms with Gasteiger partial charge in [0.1, 0.15) is 5.01 Å². The number of carbonyl (C=O) groups excluding carboxylic acids is 1. The molecule has 0 aliphatic heterocycles. The summed E-state index contributed by atoms with van der Waals surface area (Å²) < 4.78 is 2.51. The molecule has 0 unspecified atom stereocenters. The van der Waals surface area contributed by atoms with E-state index in [9.17, 15) is 9.59 Å². The topological polar surface area (TPSA) is 76.9 Å². The van der Waals surface area contributed by atoms with Gasteiger partial charge in [-0.1, -0.05) is 50.1 Å². The average Bonchev–Trinajstić information content (AvgIpc) is 3.17. The summed E-state index contributed by atoms with van der Waals surface area (Å²) in [7, 11) is 0. The number of benzene rings is 2. The minimum absolute atomic E-state index is 0.153. The van der Waals surface area contributed by atoms with Gasteiger partial charge in [0, 0.05) is 11.9 Å². The van der Waals surface area contributed by atoms with E-state index in [4.69, 9.17) is 0 Å². The zero-order valence-electron chi connectivity index (χ0n) is 16.2. The standard InChI is InChI=1S/C22H22N4O2S/c1-2-3-8-13-26-22(28)16-10-5-4-9-15(16)20(25-26)21(27)23-14-19-24-17-11-6-7-12-18(17)29-19/h4-7,9-12H,2-3,8,13-14H2,1H3,(H,23,27). The Morgan fingerprint density at radius 1 is 1.07 bits per heavy atom. The Kier molecular flexibility index (Phi) is 5.67. The molecule has 0 aliphatic carbocycles. The monoisotopic (exact) mass is 406 g/mol. The first kappa shape index (κ1) is 19.3. The highest BCUT2D eigenvalue weighted by molar-refractivity contribution is 7.18. The lowest BCUT2D eigenvalue weighted by atomic mass is 10.1. The summed E-state index contributed by atoms with van der Waals surface area (Å²) in [5.41, 5.74) is 1.05. The predicted molar refractivity (Wildman–Crippen MR) is 116 cm³/mol. The Hall–Kier alpha value is -3.06. The number of aryl methyl sites for hydroxylation is 1. The van der Waals surface area contributed by atoms with Crippen LogP contribution in [0, 0.1) is 0 Å². The van der Waals surface area contributed by atoms with E-state index in [2.05, 4.69) is 22.3 Å². The number of nitrogens with zero attached hydrogens (tertiary/aromatic N) is 3. The van der Waals surface area contributed by atoms with Gasteiger partial charge < -0.3 is 5.32 Å². The summed E-state index contributed by atoms with van der Waals surface area (Å²) in [4.78, 5) is 30.2. The number of para-hydroxylation sites is 1. The van der Waals surface area contributed by atoms with Crippen LogP contribution in [0.15, 0.2) is 53.3 Å². The summed E-state index contributed by atoms with van der Waals surface area (Å²) in [6, 6.07) is 15.0. The smallest absolute Gasteiger partial charge is 0.274 e. The van der Waals surface area contributed by atoms with Crippen LogP contribution in [0.5, 0.6) is 0 Å². The maximum absolute atomic E-state index is 12.9. The highest BCUT2D eigenvalue weighted by Crippen LogP contribution is 2.21. The fourth-order valence-electron chi connectivity index (χ4n) is 3.30. The molecule has 2 aromatic heterocycles. The predicted octanol–water partition coefficient (Wildman–Crippen LogP) is 4.13. The van der Waals surface area contributed by atoms with Gasteiger partial charge in [-0.2, -0.15) is 5.10 Å². The Bertz CT molecular complexity index is 1200. The molecule has 148 valence electrons. The van der Waals surface area contributed by atoms with Crippen LogP contribution in [0.3, 0.4) is 0 Å². The first-order chi connectivity index (χ1) is 14.2. The maximum Gasteiger partial charge on any atom is 0.274 e. The van der Waals surface area contributed by atoms with Crippen LogP contribution >= 0.6 is 11.3 Å². The van der Waals surface area contributed by atoms with Crippen LogP contribution in [0.4, 0.5) is 0 Å².